The van der Waals surface area contributed by atoms with Crippen molar-refractivity contribution in [3.8, 4) is 0 Å². The molecule has 0 aromatic carbocycles. The van der Waals surface area contributed by atoms with E-state index >= 15 is 0 Å². The lowest BCUT2D eigenvalue weighted by molar-refractivity contribution is 0.219. The second kappa shape index (κ2) is 7.31. The van der Waals surface area contributed by atoms with Crippen molar-refractivity contribution in [2.24, 2.45) is 0 Å². The molecule has 28 heavy (non-hydrogen) atoms. The molecule has 1 saturated carbocycles. The van der Waals surface area contributed by atoms with Crippen molar-refractivity contribution in [2.75, 3.05) is 0 Å². The van der Waals surface area contributed by atoms with Crippen LogP contribution in [0.5, 0.6) is 0 Å². The SMILES string of the molecule is c1ccc(C2C(c3cccnc3)C(c3ccccn3)C2c2cccnc2)nc1. The molecule has 1 fully saturated rings. The van der Waals surface area contributed by atoms with Crippen molar-refractivity contribution in [1.82, 2.24) is 19.9 Å². The van der Waals surface area contributed by atoms with Crippen LogP contribution in [0.4, 0.5) is 0 Å². The number of nitrogens with zero attached hydrogens (tertiary/aromatic N) is 4. The van der Waals surface area contributed by atoms with Crippen LogP contribution in [0.25, 0.3) is 0 Å². The average molecular weight is 364 g/mol. The monoisotopic (exact) mass is 364 g/mol. The van der Waals surface area contributed by atoms with Gasteiger partial charge in [-0.2, -0.15) is 0 Å². The van der Waals surface area contributed by atoms with Gasteiger partial charge in [-0.1, -0.05) is 24.3 Å². The molecular formula is C24H20N4. The quantitative estimate of drug-likeness (QED) is 0.526. The van der Waals surface area contributed by atoms with Gasteiger partial charge in [-0.15, -0.1) is 0 Å². The fourth-order valence-electron chi connectivity index (χ4n) is 4.61. The topological polar surface area (TPSA) is 51.6 Å². The van der Waals surface area contributed by atoms with Gasteiger partial charge in [0.15, 0.2) is 0 Å². The highest BCUT2D eigenvalue weighted by atomic mass is 14.8. The zero-order valence-corrected chi connectivity index (χ0v) is 15.3. The van der Waals surface area contributed by atoms with E-state index in [1.807, 2.05) is 61.4 Å². The molecule has 4 heteroatoms. The predicted molar refractivity (Wildman–Crippen MR) is 108 cm³/mol. The third-order valence-corrected chi connectivity index (χ3v) is 5.74. The van der Waals surface area contributed by atoms with E-state index in [9.17, 15) is 0 Å². The molecule has 0 spiro atoms. The Kier molecular flexibility index (Phi) is 4.37. The minimum Gasteiger partial charge on any atom is -0.264 e. The Morgan fingerprint density at radius 3 is 1.32 bits per heavy atom. The highest BCUT2D eigenvalue weighted by Crippen LogP contribution is 2.65. The Hall–Kier alpha value is -3.40. The Morgan fingerprint density at radius 1 is 0.464 bits per heavy atom. The van der Waals surface area contributed by atoms with Crippen LogP contribution in [0, 0.1) is 0 Å². The van der Waals surface area contributed by atoms with Crippen molar-refractivity contribution in [3.63, 3.8) is 0 Å². The third-order valence-electron chi connectivity index (χ3n) is 5.74. The fourth-order valence-corrected chi connectivity index (χ4v) is 4.61. The van der Waals surface area contributed by atoms with Crippen LogP contribution in [0.15, 0.2) is 97.8 Å². The summed E-state index contributed by atoms with van der Waals surface area (Å²) in [6, 6.07) is 20.7. The van der Waals surface area contributed by atoms with Gasteiger partial charge in [0.1, 0.15) is 0 Å². The van der Waals surface area contributed by atoms with E-state index in [0.29, 0.717) is 0 Å². The van der Waals surface area contributed by atoms with Gasteiger partial charge in [0.05, 0.1) is 0 Å². The van der Waals surface area contributed by atoms with Crippen molar-refractivity contribution in [2.45, 2.75) is 23.7 Å². The second-order valence-electron chi connectivity index (χ2n) is 7.19. The van der Waals surface area contributed by atoms with E-state index in [0.717, 1.165) is 11.4 Å². The van der Waals surface area contributed by atoms with Gasteiger partial charge in [0.25, 0.3) is 0 Å². The van der Waals surface area contributed by atoms with Gasteiger partial charge in [0.2, 0.25) is 0 Å². The van der Waals surface area contributed by atoms with Gasteiger partial charge >= 0.3 is 0 Å². The summed E-state index contributed by atoms with van der Waals surface area (Å²) in [5.74, 6) is 1.04. The van der Waals surface area contributed by atoms with E-state index in [2.05, 4.69) is 46.4 Å². The molecule has 0 aliphatic heterocycles. The number of hydrogen-bond acceptors (Lipinski definition) is 4. The number of rotatable bonds is 4. The Morgan fingerprint density at radius 2 is 0.964 bits per heavy atom. The lowest BCUT2D eigenvalue weighted by Gasteiger charge is -2.52. The van der Waals surface area contributed by atoms with E-state index < -0.39 is 0 Å². The Bertz CT molecular complexity index is 841. The molecule has 1 aliphatic rings. The molecule has 136 valence electrons. The Balaban J connectivity index is 1.67. The Labute approximate surface area is 164 Å². The van der Waals surface area contributed by atoms with Gasteiger partial charge in [-0.05, 0) is 47.5 Å². The van der Waals surface area contributed by atoms with Gasteiger partial charge in [0, 0.05) is 72.2 Å². The first kappa shape index (κ1) is 16.8. The van der Waals surface area contributed by atoms with Crippen molar-refractivity contribution in [1.29, 1.82) is 0 Å². The first-order valence-electron chi connectivity index (χ1n) is 9.55. The van der Waals surface area contributed by atoms with Gasteiger partial charge in [-0.3, -0.25) is 19.9 Å². The van der Waals surface area contributed by atoms with Crippen molar-refractivity contribution < 1.29 is 0 Å². The van der Waals surface area contributed by atoms with Crippen LogP contribution < -0.4 is 0 Å². The van der Waals surface area contributed by atoms with Gasteiger partial charge < -0.3 is 0 Å². The molecule has 0 radical (unpaired) electrons. The van der Waals surface area contributed by atoms with Crippen LogP contribution in [0.2, 0.25) is 0 Å². The molecule has 0 bridgehead atoms. The zero-order valence-electron chi connectivity index (χ0n) is 15.3. The fraction of sp³-hybridized carbons (Fsp3) is 0.167. The molecule has 0 N–H and O–H groups in total. The van der Waals surface area contributed by atoms with E-state index in [1.54, 1.807) is 0 Å². The molecule has 4 aromatic rings. The highest BCUT2D eigenvalue weighted by Gasteiger charge is 2.54. The largest absolute Gasteiger partial charge is 0.264 e. The number of hydrogen-bond donors (Lipinski definition) is 0. The molecular weight excluding hydrogens is 344 g/mol. The maximum absolute atomic E-state index is 4.72. The van der Waals surface area contributed by atoms with Crippen molar-refractivity contribution in [3.05, 3.63) is 120 Å². The molecule has 4 nitrogen and oxygen atoms in total. The van der Waals surface area contributed by atoms with E-state index in [4.69, 9.17) is 9.97 Å². The summed E-state index contributed by atoms with van der Waals surface area (Å²) in [5.41, 5.74) is 4.68. The molecule has 4 aromatic heterocycles. The minimum atomic E-state index is 0.251. The molecule has 0 unspecified atom stereocenters. The lowest BCUT2D eigenvalue weighted by Crippen LogP contribution is -2.41. The van der Waals surface area contributed by atoms with Crippen LogP contribution in [-0.4, -0.2) is 19.9 Å². The van der Waals surface area contributed by atoms with Crippen LogP contribution >= 0.6 is 0 Å². The standard InChI is InChI=1S/C24H20N4/c1-3-13-27-19(9-1)23-21(17-7-5-11-25-15-17)24(20-10-2-4-14-28-20)22(23)18-8-6-12-26-16-18/h1-16,21-24H. The number of pyridine rings is 4. The third kappa shape index (κ3) is 2.87. The summed E-state index contributed by atoms with van der Waals surface area (Å²) in [4.78, 5) is 18.2. The molecule has 1 aliphatic carbocycles. The maximum Gasteiger partial charge on any atom is 0.0447 e. The first-order valence-corrected chi connectivity index (χ1v) is 9.55. The van der Waals surface area contributed by atoms with Crippen molar-refractivity contribution >= 4 is 0 Å². The van der Waals surface area contributed by atoms with E-state index in [-0.39, 0.29) is 23.7 Å². The lowest BCUT2D eigenvalue weighted by atomic mass is 9.51. The smallest absolute Gasteiger partial charge is 0.0447 e. The van der Waals surface area contributed by atoms with E-state index in [1.165, 1.54) is 11.1 Å². The van der Waals surface area contributed by atoms with Crippen LogP contribution in [0.1, 0.15) is 46.2 Å². The average Bonchev–Trinajstić information content (AvgIpc) is 2.76. The maximum atomic E-state index is 4.72. The second-order valence-corrected chi connectivity index (χ2v) is 7.19. The summed E-state index contributed by atoms with van der Waals surface area (Å²) < 4.78 is 0. The summed E-state index contributed by atoms with van der Waals surface area (Å²) in [5, 5.41) is 0. The summed E-state index contributed by atoms with van der Waals surface area (Å²) in [6.45, 7) is 0. The molecule has 5 rings (SSSR count). The molecule has 4 heterocycles. The van der Waals surface area contributed by atoms with Crippen LogP contribution in [0.3, 0.4) is 0 Å². The molecule has 0 atom stereocenters. The number of aromatic nitrogens is 4. The summed E-state index contributed by atoms with van der Waals surface area (Å²) in [7, 11) is 0. The summed E-state index contributed by atoms with van der Waals surface area (Å²) >= 11 is 0. The zero-order chi connectivity index (χ0) is 18.8. The summed E-state index contributed by atoms with van der Waals surface area (Å²) in [6.07, 6.45) is 11.4. The minimum absolute atomic E-state index is 0.251. The molecule has 0 amide bonds. The normalized spacial score (nSPS) is 23.7. The highest BCUT2D eigenvalue weighted by molar-refractivity contribution is 5.44. The van der Waals surface area contributed by atoms with Gasteiger partial charge in [-0.25, -0.2) is 0 Å². The predicted octanol–water partition coefficient (Wildman–Crippen LogP) is 4.72. The van der Waals surface area contributed by atoms with Crippen LogP contribution in [-0.2, 0) is 0 Å². The first-order chi connectivity index (χ1) is 13.9. The molecule has 0 saturated heterocycles.